The van der Waals surface area contributed by atoms with E-state index in [0.29, 0.717) is 16.7 Å². The highest BCUT2D eigenvalue weighted by atomic mass is 35.5. The normalized spacial score (nSPS) is 11.6. The summed E-state index contributed by atoms with van der Waals surface area (Å²) in [5, 5.41) is 3.02. The van der Waals surface area contributed by atoms with Gasteiger partial charge in [0.25, 0.3) is 10.1 Å². The molecule has 0 aliphatic rings. The van der Waals surface area contributed by atoms with Gasteiger partial charge in [-0.05, 0) is 31.0 Å². The molecule has 1 heterocycles. The Morgan fingerprint density at radius 3 is 2.65 bits per heavy atom. The quantitative estimate of drug-likeness (QED) is 0.840. The van der Waals surface area contributed by atoms with Crippen LogP contribution in [-0.4, -0.2) is 18.0 Å². The highest BCUT2D eigenvalue weighted by Crippen LogP contribution is 2.28. The molecular weight excluding hydrogens is 320 g/mol. The van der Waals surface area contributed by atoms with E-state index in [2.05, 4.69) is 10.3 Å². The lowest BCUT2D eigenvalue weighted by atomic mass is 10.1. The lowest BCUT2D eigenvalue weighted by Crippen LogP contribution is -2.08. The van der Waals surface area contributed by atoms with Crippen LogP contribution in [0.1, 0.15) is 16.0 Å². The van der Waals surface area contributed by atoms with Gasteiger partial charge in [-0.1, -0.05) is 17.7 Å². The van der Waals surface area contributed by atoms with Crippen molar-refractivity contribution in [3.63, 3.8) is 0 Å². The van der Waals surface area contributed by atoms with Crippen LogP contribution in [0.5, 0.6) is 0 Å². The van der Waals surface area contributed by atoms with Crippen LogP contribution in [0.2, 0.25) is 4.47 Å². The highest BCUT2D eigenvalue weighted by molar-refractivity contribution is 7.86. The Morgan fingerprint density at radius 2 is 2.10 bits per heavy atom. The molecule has 0 atom stereocenters. The van der Waals surface area contributed by atoms with E-state index in [4.69, 9.17) is 11.6 Å². The molecule has 0 aliphatic carbocycles. The van der Waals surface area contributed by atoms with Crippen LogP contribution in [0.3, 0.4) is 0 Å². The van der Waals surface area contributed by atoms with Gasteiger partial charge >= 0.3 is 0 Å². The van der Waals surface area contributed by atoms with Gasteiger partial charge in [-0.2, -0.15) is 8.42 Å². The summed E-state index contributed by atoms with van der Waals surface area (Å²) in [4.78, 5) is 4.66. The minimum absolute atomic E-state index is 0.120. The Morgan fingerprint density at radius 1 is 1.40 bits per heavy atom. The van der Waals surface area contributed by atoms with Crippen LogP contribution in [0.15, 0.2) is 23.2 Å². The molecule has 0 amide bonds. The van der Waals surface area contributed by atoms with Crippen molar-refractivity contribution in [3.8, 4) is 0 Å². The third-order valence-corrected chi connectivity index (χ3v) is 4.68. The minimum Gasteiger partial charge on any atom is -0.379 e. The molecule has 0 saturated heterocycles. The molecule has 20 heavy (non-hydrogen) atoms. The average Bonchev–Trinajstić information content (AvgIpc) is 2.72. The Bertz CT molecular complexity index is 741. The summed E-state index contributed by atoms with van der Waals surface area (Å²) in [7, 11) is -4.28. The molecule has 0 saturated carbocycles. The summed E-state index contributed by atoms with van der Waals surface area (Å²) < 4.78 is 32.7. The van der Waals surface area contributed by atoms with Gasteiger partial charge in [-0.15, -0.1) is 11.3 Å². The first-order valence-electron chi connectivity index (χ1n) is 5.70. The molecule has 2 rings (SSSR count). The zero-order valence-corrected chi connectivity index (χ0v) is 13.2. The maximum absolute atomic E-state index is 11.5. The van der Waals surface area contributed by atoms with Gasteiger partial charge in [-0.25, -0.2) is 4.98 Å². The number of aryl methyl sites for hydroxylation is 2. The monoisotopic (exact) mass is 332 g/mol. The Hall–Kier alpha value is -1.15. The van der Waals surface area contributed by atoms with E-state index in [1.165, 1.54) is 17.4 Å². The van der Waals surface area contributed by atoms with E-state index in [1.54, 1.807) is 20.0 Å². The van der Waals surface area contributed by atoms with Gasteiger partial charge in [-0.3, -0.25) is 4.55 Å². The number of thiazole rings is 1. The number of hydrogen-bond acceptors (Lipinski definition) is 5. The first-order chi connectivity index (χ1) is 9.27. The Labute approximate surface area is 126 Å². The van der Waals surface area contributed by atoms with Gasteiger partial charge in [0.15, 0.2) is 4.47 Å². The summed E-state index contributed by atoms with van der Waals surface area (Å²) in [6.45, 7) is 3.94. The first-order valence-corrected chi connectivity index (χ1v) is 8.33. The molecule has 2 aromatic rings. The smallest absolute Gasteiger partial charge is 0.296 e. The van der Waals surface area contributed by atoms with E-state index < -0.39 is 10.1 Å². The standard InChI is InChI=1S/C12H13ClN2O3S2/c1-7-3-8(2)11(10(4-7)20(16,17)18)14-5-9-6-15-12(13)19-9/h3-4,6,14H,5H2,1-2H3,(H,16,17,18). The van der Waals surface area contributed by atoms with Crippen molar-refractivity contribution in [2.45, 2.75) is 25.3 Å². The molecule has 1 aromatic heterocycles. The second kappa shape index (κ2) is 5.69. The molecular formula is C12H13ClN2O3S2. The van der Waals surface area contributed by atoms with Crippen LogP contribution < -0.4 is 5.32 Å². The summed E-state index contributed by atoms with van der Waals surface area (Å²) in [6.07, 6.45) is 1.62. The van der Waals surface area contributed by atoms with Crippen LogP contribution >= 0.6 is 22.9 Å². The number of nitrogens with zero attached hydrogens (tertiary/aromatic N) is 1. The maximum atomic E-state index is 11.5. The Balaban J connectivity index is 2.35. The van der Waals surface area contributed by atoms with E-state index in [1.807, 2.05) is 6.07 Å². The maximum Gasteiger partial charge on any atom is 0.296 e. The van der Waals surface area contributed by atoms with Gasteiger partial charge in [0, 0.05) is 11.1 Å². The number of benzene rings is 1. The number of halogens is 1. The summed E-state index contributed by atoms with van der Waals surface area (Å²) >= 11 is 7.05. The minimum atomic E-state index is -4.28. The molecule has 0 spiro atoms. The SMILES string of the molecule is Cc1cc(C)c(NCc2cnc(Cl)s2)c(S(=O)(=O)O)c1. The third kappa shape index (κ3) is 3.49. The molecule has 5 nitrogen and oxygen atoms in total. The fraction of sp³-hybridized carbons (Fsp3) is 0.250. The highest BCUT2D eigenvalue weighted by Gasteiger charge is 2.18. The molecule has 1 aromatic carbocycles. The van der Waals surface area contributed by atoms with E-state index in [0.717, 1.165) is 16.0 Å². The van der Waals surface area contributed by atoms with Crippen LogP contribution in [0, 0.1) is 13.8 Å². The van der Waals surface area contributed by atoms with Gasteiger partial charge in [0.1, 0.15) is 4.90 Å². The predicted molar refractivity (Wildman–Crippen MR) is 80.2 cm³/mol. The van der Waals surface area contributed by atoms with E-state index in [-0.39, 0.29) is 4.90 Å². The first kappa shape index (κ1) is 15.2. The van der Waals surface area contributed by atoms with E-state index >= 15 is 0 Å². The van der Waals surface area contributed by atoms with Crippen molar-refractivity contribution in [3.05, 3.63) is 38.8 Å². The second-order valence-electron chi connectivity index (χ2n) is 4.36. The average molecular weight is 333 g/mol. The van der Waals surface area contributed by atoms with Crippen molar-refractivity contribution in [2.75, 3.05) is 5.32 Å². The largest absolute Gasteiger partial charge is 0.379 e. The van der Waals surface area contributed by atoms with Crippen molar-refractivity contribution >= 4 is 38.7 Å². The van der Waals surface area contributed by atoms with Crippen molar-refractivity contribution in [1.82, 2.24) is 4.98 Å². The third-order valence-electron chi connectivity index (χ3n) is 2.69. The molecule has 108 valence electrons. The van der Waals surface area contributed by atoms with Crippen molar-refractivity contribution < 1.29 is 13.0 Å². The topological polar surface area (TPSA) is 79.3 Å². The zero-order chi connectivity index (χ0) is 14.9. The molecule has 0 radical (unpaired) electrons. The van der Waals surface area contributed by atoms with Gasteiger partial charge < -0.3 is 5.32 Å². The predicted octanol–water partition coefficient (Wildman–Crippen LogP) is 3.27. The number of aromatic nitrogens is 1. The number of anilines is 1. The summed E-state index contributed by atoms with van der Waals surface area (Å²) in [5.74, 6) is 0. The van der Waals surface area contributed by atoms with Gasteiger partial charge in [0.05, 0.1) is 12.2 Å². The summed E-state index contributed by atoms with van der Waals surface area (Å²) in [6, 6.07) is 3.28. The molecule has 0 fully saturated rings. The molecule has 0 unspecified atom stereocenters. The fourth-order valence-corrected chi connectivity index (χ4v) is 3.64. The number of rotatable bonds is 4. The van der Waals surface area contributed by atoms with Crippen LogP contribution in [-0.2, 0) is 16.7 Å². The molecule has 2 N–H and O–H groups in total. The molecule has 0 bridgehead atoms. The van der Waals surface area contributed by atoms with Crippen molar-refractivity contribution in [1.29, 1.82) is 0 Å². The zero-order valence-electron chi connectivity index (χ0n) is 10.8. The van der Waals surface area contributed by atoms with Crippen LogP contribution in [0.4, 0.5) is 5.69 Å². The van der Waals surface area contributed by atoms with E-state index in [9.17, 15) is 13.0 Å². The Kier molecular flexibility index (Phi) is 4.33. The molecule has 8 heteroatoms. The lowest BCUT2D eigenvalue weighted by Gasteiger charge is -2.13. The lowest BCUT2D eigenvalue weighted by molar-refractivity contribution is 0.483. The van der Waals surface area contributed by atoms with Crippen LogP contribution in [0.25, 0.3) is 0 Å². The van der Waals surface area contributed by atoms with Crippen molar-refractivity contribution in [2.24, 2.45) is 0 Å². The number of hydrogen-bond donors (Lipinski definition) is 2. The van der Waals surface area contributed by atoms with Gasteiger partial charge in [0.2, 0.25) is 0 Å². The number of nitrogens with one attached hydrogen (secondary N) is 1. The summed E-state index contributed by atoms with van der Waals surface area (Å²) in [5.41, 5.74) is 1.90. The molecule has 0 aliphatic heterocycles. The second-order valence-corrected chi connectivity index (χ2v) is 7.45. The fourth-order valence-electron chi connectivity index (χ4n) is 1.90.